The Labute approximate surface area is 219 Å². The van der Waals surface area contributed by atoms with Crippen LogP contribution < -0.4 is 14.5 Å². The molecule has 2 fully saturated rings. The lowest BCUT2D eigenvalue weighted by Gasteiger charge is -2.34. The SMILES string of the molecule is C=CC(=O)N1CCN(c2ncc(Oc3ccc(-c4cc5c(N6CCOCC6)ncnc5[nH]4)cc3)cn2)CC1. The predicted molar refractivity (Wildman–Crippen MR) is 143 cm³/mol. The number of anilines is 2. The summed E-state index contributed by atoms with van der Waals surface area (Å²) < 4.78 is 11.5. The van der Waals surface area contributed by atoms with Gasteiger partial charge >= 0.3 is 0 Å². The van der Waals surface area contributed by atoms with Gasteiger partial charge < -0.3 is 29.2 Å². The van der Waals surface area contributed by atoms with E-state index in [0.29, 0.717) is 56.8 Å². The molecule has 0 unspecified atom stereocenters. The highest BCUT2D eigenvalue weighted by atomic mass is 16.5. The van der Waals surface area contributed by atoms with Crippen molar-refractivity contribution in [3.63, 3.8) is 0 Å². The zero-order valence-corrected chi connectivity index (χ0v) is 20.9. The van der Waals surface area contributed by atoms with Gasteiger partial charge in [0.25, 0.3) is 0 Å². The van der Waals surface area contributed by atoms with E-state index < -0.39 is 0 Å². The Kier molecular flexibility index (Phi) is 6.57. The molecule has 2 saturated heterocycles. The molecule has 6 rings (SSSR count). The zero-order chi connectivity index (χ0) is 25.9. The fraction of sp³-hybridized carbons (Fsp3) is 0.296. The monoisotopic (exact) mass is 512 g/mol. The van der Waals surface area contributed by atoms with E-state index in [9.17, 15) is 4.79 Å². The van der Waals surface area contributed by atoms with Crippen molar-refractivity contribution < 1.29 is 14.3 Å². The van der Waals surface area contributed by atoms with Crippen LogP contribution in [0.3, 0.4) is 0 Å². The summed E-state index contributed by atoms with van der Waals surface area (Å²) in [7, 11) is 0. The molecule has 2 aliphatic heterocycles. The molecule has 1 N–H and O–H groups in total. The highest BCUT2D eigenvalue weighted by Crippen LogP contribution is 2.31. The maximum absolute atomic E-state index is 11.8. The van der Waals surface area contributed by atoms with Crippen molar-refractivity contribution in [1.82, 2.24) is 29.8 Å². The van der Waals surface area contributed by atoms with E-state index in [4.69, 9.17) is 9.47 Å². The molecule has 1 amide bonds. The minimum Gasteiger partial charge on any atom is -0.454 e. The first-order chi connectivity index (χ1) is 18.7. The Morgan fingerprint density at radius 2 is 1.66 bits per heavy atom. The van der Waals surface area contributed by atoms with Crippen molar-refractivity contribution in [3.8, 4) is 22.8 Å². The first-order valence-electron chi connectivity index (χ1n) is 12.6. The number of morpholine rings is 1. The third-order valence-electron chi connectivity index (χ3n) is 6.78. The molecule has 11 nitrogen and oxygen atoms in total. The van der Waals surface area contributed by atoms with Gasteiger partial charge in [0.1, 0.15) is 23.5 Å². The van der Waals surface area contributed by atoms with Crippen LogP contribution in [0.2, 0.25) is 0 Å². The number of aromatic amines is 1. The number of fused-ring (bicyclic) bond motifs is 1. The number of benzene rings is 1. The third-order valence-corrected chi connectivity index (χ3v) is 6.78. The van der Waals surface area contributed by atoms with Crippen LogP contribution in [0.25, 0.3) is 22.3 Å². The summed E-state index contributed by atoms with van der Waals surface area (Å²) in [6, 6.07) is 9.93. The average molecular weight is 513 g/mol. The van der Waals surface area contributed by atoms with E-state index in [1.807, 2.05) is 24.3 Å². The quantitative estimate of drug-likeness (QED) is 0.390. The normalized spacial score (nSPS) is 16.1. The van der Waals surface area contributed by atoms with Crippen molar-refractivity contribution in [3.05, 3.63) is 61.7 Å². The molecule has 194 valence electrons. The number of piperazine rings is 1. The van der Waals surface area contributed by atoms with Crippen molar-refractivity contribution in [2.45, 2.75) is 0 Å². The lowest BCUT2D eigenvalue weighted by molar-refractivity contribution is -0.126. The number of ether oxygens (including phenoxy) is 2. The predicted octanol–water partition coefficient (Wildman–Crippen LogP) is 2.88. The van der Waals surface area contributed by atoms with Crippen LogP contribution in [0.4, 0.5) is 11.8 Å². The van der Waals surface area contributed by atoms with Crippen molar-refractivity contribution in [1.29, 1.82) is 0 Å². The van der Waals surface area contributed by atoms with E-state index in [0.717, 1.165) is 41.2 Å². The molecule has 0 bridgehead atoms. The Balaban J connectivity index is 1.11. The zero-order valence-electron chi connectivity index (χ0n) is 20.9. The Hall–Kier alpha value is -4.51. The van der Waals surface area contributed by atoms with Gasteiger partial charge in [-0.15, -0.1) is 0 Å². The number of hydrogen-bond donors (Lipinski definition) is 1. The summed E-state index contributed by atoms with van der Waals surface area (Å²) in [6.07, 6.45) is 6.28. The van der Waals surface area contributed by atoms with E-state index in [2.05, 4.69) is 47.4 Å². The molecule has 0 atom stereocenters. The van der Waals surface area contributed by atoms with E-state index in [1.54, 1.807) is 23.6 Å². The van der Waals surface area contributed by atoms with E-state index in [-0.39, 0.29) is 5.91 Å². The first kappa shape index (κ1) is 23.9. The van der Waals surface area contributed by atoms with Crippen LogP contribution in [0.5, 0.6) is 11.5 Å². The number of nitrogens with one attached hydrogen (secondary N) is 1. The van der Waals surface area contributed by atoms with Crippen LogP contribution in [-0.4, -0.2) is 88.2 Å². The molecule has 38 heavy (non-hydrogen) atoms. The maximum Gasteiger partial charge on any atom is 0.246 e. The molecular formula is C27H28N8O3. The fourth-order valence-corrected chi connectivity index (χ4v) is 4.73. The standard InChI is InChI=1S/C27H28N8O3/c1-2-24(36)33-7-9-35(10-8-33)27-28-16-21(17-29-27)38-20-5-3-19(4-6-20)23-15-22-25(32-23)30-18-31-26(22)34-11-13-37-14-12-34/h2-6,15-18H,1,7-14H2,(H,30,31,32). The number of aromatic nitrogens is 5. The second kappa shape index (κ2) is 10.5. The summed E-state index contributed by atoms with van der Waals surface area (Å²) in [5, 5.41) is 0.996. The Morgan fingerprint density at radius 3 is 2.37 bits per heavy atom. The van der Waals surface area contributed by atoms with Crippen molar-refractivity contribution in [2.24, 2.45) is 0 Å². The Bertz CT molecular complexity index is 1420. The molecule has 3 aromatic heterocycles. The number of H-pyrrole nitrogens is 1. The largest absolute Gasteiger partial charge is 0.454 e. The number of rotatable bonds is 6. The van der Waals surface area contributed by atoms with Crippen molar-refractivity contribution >= 4 is 28.7 Å². The number of nitrogens with zero attached hydrogens (tertiary/aromatic N) is 7. The van der Waals surface area contributed by atoms with Crippen LogP contribution >= 0.6 is 0 Å². The van der Waals surface area contributed by atoms with Gasteiger partial charge in [0.2, 0.25) is 11.9 Å². The Morgan fingerprint density at radius 1 is 0.921 bits per heavy atom. The van der Waals surface area contributed by atoms with Gasteiger partial charge in [0.05, 0.1) is 31.0 Å². The molecular weight excluding hydrogens is 484 g/mol. The topological polar surface area (TPSA) is 113 Å². The lowest BCUT2D eigenvalue weighted by Crippen LogP contribution is -2.48. The average Bonchev–Trinajstić information content (AvgIpc) is 3.43. The first-order valence-corrected chi connectivity index (χ1v) is 12.6. The minimum atomic E-state index is -0.0451. The second-order valence-electron chi connectivity index (χ2n) is 9.10. The molecule has 2 aliphatic rings. The molecule has 0 spiro atoms. The van der Waals surface area contributed by atoms with Crippen LogP contribution in [0.15, 0.2) is 61.7 Å². The minimum absolute atomic E-state index is 0.0451. The molecule has 0 saturated carbocycles. The lowest BCUT2D eigenvalue weighted by atomic mass is 10.1. The fourth-order valence-electron chi connectivity index (χ4n) is 4.73. The van der Waals surface area contributed by atoms with Crippen LogP contribution in [0, 0.1) is 0 Å². The summed E-state index contributed by atoms with van der Waals surface area (Å²) in [6.45, 7) is 9.18. The summed E-state index contributed by atoms with van der Waals surface area (Å²) >= 11 is 0. The summed E-state index contributed by atoms with van der Waals surface area (Å²) in [4.78, 5) is 39.1. The molecule has 11 heteroatoms. The summed E-state index contributed by atoms with van der Waals surface area (Å²) in [5.74, 6) is 2.74. The maximum atomic E-state index is 11.8. The third kappa shape index (κ3) is 4.88. The number of amides is 1. The molecule has 0 radical (unpaired) electrons. The highest BCUT2D eigenvalue weighted by molar-refractivity contribution is 5.92. The second-order valence-corrected chi connectivity index (χ2v) is 9.10. The summed E-state index contributed by atoms with van der Waals surface area (Å²) in [5.41, 5.74) is 2.79. The smallest absolute Gasteiger partial charge is 0.246 e. The molecule has 4 aromatic rings. The van der Waals surface area contributed by atoms with Gasteiger partial charge in [-0.25, -0.2) is 19.9 Å². The number of carbonyl (C=O) groups excluding carboxylic acids is 1. The van der Waals surface area contributed by atoms with E-state index >= 15 is 0 Å². The van der Waals surface area contributed by atoms with Gasteiger partial charge in [-0.1, -0.05) is 6.58 Å². The highest BCUT2D eigenvalue weighted by Gasteiger charge is 2.21. The van der Waals surface area contributed by atoms with Gasteiger partial charge in [-0.2, -0.15) is 0 Å². The van der Waals surface area contributed by atoms with Gasteiger partial charge in [0, 0.05) is 45.0 Å². The van der Waals surface area contributed by atoms with Crippen LogP contribution in [0.1, 0.15) is 0 Å². The number of carbonyl (C=O) groups is 1. The molecule has 0 aliphatic carbocycles. The van der Waals surface area contributed by atoms with E-state index in [1.165, 1.54) is 6.08 Å². The molecule has 5 heterocycles. The van der Waals surface area contributed by atoms with Gasteiger partial charge in [-0.05, 0) is 42.0 Å². The number of hydrogen-bond acceptors (Lipinski definition) is 9. The van der Waals surface area contributed by atoms with Gasteiger partial charge in [0.15, 0.2) is 5.75 Å². The molecule has 1 aromatic carbocycles. The van der Waals surface area contributed by atoms with Crippen LogP contribution in [-0.2, 0) is 9.53 Å². The van der Waals surface area contributed by atoms with Crippen molar-refractivity contribution in [2.75, 3.05) is 62.3 Å². The van der Waals surface area contributed by atoms with Gasteiger partial charge in [-0.3, -0.25) is 4.79 Å².